The lowest BCUT2D eigenvalue weighted by atomic mass is 10.4. The van der Waals surface area contributed by atoms with Crippen LogP contribution < -0.4 is 0 Å². The average Bonchev–Trinajstić information content (AvgIpc) is 2.04. The Morgan fingerprint density at radius 2 is 2.18 bits per heavy atom. The zero-order chi connectivity index (χ0) is 7.68. The van der Waals surface area contributed by atoms with Crippen molar-refractivity contribution in [2.24, 2.45) is 0 Å². The van der Waals surface area contributed by atoms with E-state index in [9.17, 15) is 0 Å². The summed E-state index contributed by atoms with van der Waals surface area (Å²) >= 11 is 2.13. The van der Waals surface area contributed by atoms with Crippen LogP contribution in [0.1, 0.15) is 0 Å². The number of hydrogen-bond donors (Lipinski definition) is 0. The molecule has 0 aliphatic rings. The van der Waals surface area contributed by atoms with Crippen molar-refractivity contribution in [1.82, 2.24) is 15.0 Å². The molecule has 0 aliphatic heterocycles. The molecule has 0 N–H and O–H groups in total. The highest BCUT2D eigenvalue weighted by atomic mass is 127. The van der Waals surface area contributed by atoms with Crippen molar-refractivity contribution < 1.29 is 0 Å². The molecule has 2 rings (SSSR count). The number of rotatable bonds is 0. The summed E-state index contributed by atoms with van der Waals surface area (Å²) in [6.45, 7) is 0. The first-order valence-corrected chi connectivity index (χ1v) is 4.17. The zero-order valence-electron chi connectivity index (χ0n) is 5.53. The average molecular weight is 257 g/mol. The maximum atomic E-state index is 4.24. The number of nitrogens with zero attached hydrogens (tertiary/aromatic N) is 3. The van der Waals surface area contributed by atoms with Gasteiger partial charge in [0.25, 0.3) is 0 Å². The Bertz CT molecular complexity index is 388. The van der Waals surface area contributed by atoms with Crippen LogP contribution in [0.4, 0.5) is 0 Å². The van der Waals surface area contributed by atoms with Crippen molar-refractivity contribution in [2.75, 3.05) is 0 Å². The van der Waals surface area contributed by atoms with Crippen LogP contribution in [0, 0.1) is 3.70 Å². The Labute approximate surface area is 77.0 Å². The van der Waals surface area contributed by atoms with Gasteiger partial charge in [-0.3, -0.25) is 0 Å². The second kappa shape index (κ2) is 2.69. The highest BCUT2D eigenvalue weighted by Crippen LogP contribution is 2.06. The van der Waals surface area contributed by atoms with E-state index in [1.54, 1.807) is 12.4 Å². The van der Waals surface area contributed by atoms with Crippen molar-refractivity contribution >= 4 is 33.8 Å². The second-order valence-electron chi connectivity index (χ2n) is 2.04. The molecule has 0 fully saturated rings. The van der Waals surface area contributed by atoms with E-state index in [-0.39, 0.29) is 0 Å². The van der Waals surface area contributed by atoms with Crippen LogP contribution in [0.15, 0.2) is 24.5 Å². The van der Waals surface area contributed by atoms with Crippen LogP contribution in [-0.4, -0.2) is 15.0 Å². The van der Waals surface area contributed by atoms with Crippen molar-refractivity contribution in [2.45, 2.75) is 0 Å². The third-order valence-electron chi connectivity index (χ3n) is 1.29. The predicted molar refractivity (Wildman–Crippen MR) is 50.1 cm³/mol. The fraction of sp³-hybridized carbons (Fsp3) is 0. The molecule has 0 aromatic carbocycles. The van der Waals surface area contributed by atoms with Crippen molar-refractivity contribution in [3.63, 3.8) is 0 Å². The number of hydrogen-bond acceptors (Lipinski definition) is 3. The highest BCUT2D eigenvalue weighted by Gasteiger charge is 1.94. The van der Waals surface area contributed by atoms with E-state index >= 15 is 0 Å². The van der Waals surface area contributed by atoms with Crippen LogP contribution in [0.2, 0.25) is 0 Å². The fourth-order valence-corrected chi connectivity index (χ4v) is 1.23. The highest BCUT2D eigenvalue weighted by molar-refractivity contribution is 14.1. The molecule has 0 radical (unpaired) electrons. The Kier molecular flexibility index (Phi) is 1.69. The number of halogens is 1. The summed E-state index contributed by atoms with van der Waals surface area (Å²) in [5.74, 6) is 0. The summed E-state index contributed by atoms with van der Waals surface area (Å²) in [6, 6.07) is 3.75. The molecule has 0 spiro atoms. The summed E-state index contributed by atoms with van der Waals surface area (Å²) in [5, 5.41) is 0. The normalized spacial score (nSPS) is 10.3. The topological polar surface area (TPSA) is 38.7 Å². The number of fused-ring (bicyclic) bond motifs is 1. The summed E-state index contributed by atoms with van der Waals surface area (Å²) in [4.78, 5) is 12.4. The Balaban J connectivity index is 2.83. The van der Waals surface area contributed by atoms with E-state index in [0.717, 1.165) is 9.22 Å². The van der Waals surface area contributed by atoms with E-state index in [1.165, 1.54) is 0 Å². The lowest BCUT2D eigenvalue weighted by molar-refractivity contribution is 1.19. The first-order valence-electron chi connectivity index (χ1n) is 3.09. The van der Waals surface area contributed by atoms with Crippen LogP contribution in [-0.2, 0) is 0 Å². The molecule has 0 unspecified atom stereocenters. The number of pyridine rings is 1. The summed E-state index contributed by atoms with van der Waals surface area (Å²) in [6.07, 6.45) is 3.42. The molecular formula is C7H4IN3. The third-order valence-corrected chi connectivity index (χ3v) is 1.81. The van der Waals surface area contributed by atoms with Gasteiger partial charge < -0.3 is 0 Å². The molecule has 2 heterocycles. The van der Waals surface area contributed by atoms with Crippen LogP contribution in [0.5, 0.6) is 0 Å². The van der Waals surface area contributed by atoms with Gasteiger partial charge in [0.1, 0.15) is 9.22 Å². The zero-order valence-corrected chi connectivity index (χ0v) is 7.69. The van der Waals surface area contributed by atoms with Gasteiger partial charge in [0, 0.05) is 6.20 Å². The van der Waals surface area contributed by atoms with E-state index in [4.69, 9.17) is 0 Å². The van der Waals surface area contributed by atoms with Crippen LogP contribution >= 0.6 is 22.6 Å². The van der Waals surface area contributed by atoms with Crippen molar-refractivity contribution in [3.05, 3.63) is 28.2 Å². The summed E-state index contributed by atoms with van der Waals surface area (Å²) < 4.78 is 0.892. The van der Waals surface area contributed by atoms with Crippen molar-refractivity contribution in [3.8, 4) is 0 Å². The van der Waals surface area contributed by atoms with Crippen LogP contribution in [0.25, 0.3) is 11.2 Å². The molecule has 3 nitrogen and oxygen atoms in total. The Morgan fingerprint density at radius 1 is 1.27 bits per heavy atom. The Morgan fingerprint density at radius 3 is 3.09 bits per heavy atom. The molecule has 0 amide bonds. The summed E-state index contributed by atoms with van der Waals surface area (Å²) in [7, 11) is 0. The molecule has 0 aliphatic carbocycles. The lowest BCUT2D eigenvalue weighted by Crippen LogP contribution is -1.87. The molecular weight excluding hydrogens is 253 g/mol. The lowest BCUT2D eigenvalue weighted by Gasteiger charge is -1.93. The molecule has 0 saturated heterocycles. The molecule has 11 heavy (non-hydrogen) atoms. The van der Waals surface area contributed by atoms with Gasteiger partial charge >= 0.3 is 0 Å². The number of aromatic nitrogens is 3. The van der Waals surface area contributed by atoms with Gasteiger partial charge in [0.05, 0.1) is 6.20 Å². The van der Waals surface area contributed by atoms with E-state index in [0.29, 0.717) is 5.65 Å². The first kappa shape index (κ1) is 6.90. The molecule has 2 aromatic rings. The van der Waals surface area contributed by atoms with Gasteiger partial charge in [0.15, 0.2) is 5.65 Å². The summed E-state index contributed by atoms with van der Waals surface area (Å²) in [5.41, 5.74) is 1.55. The molecule has 2 aromatic heterocycles. The maximum Gasteiger partial charge on any atom is 0.178 e. The first-order chi connectivity index (χ1) is 5.36. The third kappa shape index (κ3) is 1.30. The minimum Gasteiger partial charge on any atom is -0.237 e. The minimum absolute atomic E-state index is 0.702. The Hall–Kier alpha value is -0.780. The van der Waals surface area contributed by atoms with Gasteiger partial charge in [-0.2, -0.15) is 0 Å². The molecule has 0 bridgehead atoms. The fourth-order valence-electron chi connectivity index (χ4n) is 0.834. The van der Waals surface area contributed by atoms with Crippen molar-refractivity contribution in [1.29, 1.82) is 0 Å². The maximum absolute atomic E-state index is 4.24. The monoisotopic (exact) mass is 257 g/mol. The predicted octanol–water partition coefficient (Wildman–Crippen LogP) is 1.63. The largest absolute Gasteiger partial charge is 0.237 e. The smallest absolute Gasteiger partial charge is 0.178 e. The van der Waals surface area contributed by atoms with Gasteiger partial charge in [-0.05, 0) is 34.7 Å². The molecule has 0 saturated carbocycles. The van der Waals surface area contributed by atoms with E-state index in [1.807, 2.05) is 12.1 Å². The molecule has 4 heteroatoms. The van der Waals surface area contributed by atoms with Gasteiger partial charge in [0.2, 0.25) is 0 Å². The van der Waals surface area contributed by atoms with Gasteiger partial charge in [-0.15, -0.1) is 0 Å². The van der Waals surface area contributed by atoms with Crippen LogP contribution in [0.3, 0.4) is 0 Å². The SMILES string of the molecule is Ic1cnc2ncccc2n1. The second-order valence-corrected chi connectivity index (χ2v) is 3.14. The quantitative estimate of drug-likeness (QED) is 0.673. The molecule has 0 atom stereocenters. The molecule has 54 valence electrons. The van der Waals surface area contributed by atoms with Gasteiger partial charge in [-0.1, -0.05) is 0 Å². The van der Waals surface area contributed by atoms with E-state index < -0.39 is 0 Å². The minimum atomic E-state index is 0.702. The standard InChI is InChI=1S/C7H4IN3/c8-6-4-10-7-5(11-6)2-1-3-9-7/h1-4H. The van der Waals surface area contributed by atoms with E-state index in [2.05, 4.69) is 37.5 Å². The van der Waals surface area contributed by atoms with Gasteiger partial charge in [-0.25, -0.2) is 15.0 Å².